The minimum Gasteiger partial charge on any atom is -0.360 e. The van der Waals surface area contributed by atoms with E-state index in [1.165, 1.54) is 16.8 Å². The highest BCUT2D eigenvalue weighted by molar-refractivity contribution is 7.99. The molecule has 24 heavy (non-hydrogen) atoms. The van der Waals surface area contributed by atoms with Crippen LogP contribution in [0.1, 0.15) is 5.76 Å². The number of amides is 1. The van der Waals surface area contributed by atoms with Crippen molar-refractivity contribution in [3.05, 3.63) is 41.9 Å². The van der Waals surface area contributed by atoms with Crippen molar-refractivity contribution < 1.29 is 13.7 Å². The number of aromatic nitrogens is 4. The highest BCUT2D eigenvalue weighted by Crippen LogP contribution is 2.22. The van der Waals surface area contributed by atoms with Gasteiger partial charge in [0, 0.05) is 11.6 Å². The van der Waals surface area contributed by atoms with Gasteiger partial charge in [0.15, 0.2) is 11.6 Å². The second-order valence-electron chi connectivity index (χ2n) is 4.84. The summed E-state index contributed by atoms with van der Waals surface area (Å²) >= 11 is 1.12. The lowest BCUT2D eigenvalue weighted by atomic mass is 10.2. The summed E-state index contributed by atoms with van der Waals surface area (Å²) in [5, 5.41) is 14.5. The highest BCUT2D eigenvalue weighted by Gasteiger charge is 2.14. The van der Waals surface area contributed by atoms with Crippen LogP contribution in [0.4, 0.5) is 10.2 Å². The maximum Gasteiger partial charge on any atom is 0.236 e. The Bertz CT molecular complexity index is 861. The van der Waals surface area contributed by atoms with Crippen LogP contribution in [0.2, 0.25) is 0 Å². The molecular weight excluding hydrogens is 335 g/mol. The monoisotopic (exact) mass is 348 g/mol. The summed E-state index contributed by atoms with van der Waals surface area (Å²) in [4.78, 5) is 11.9. The van der Waals surface area contributed by atoms with E-state index in [1.54, 1.807) is 25.1 Å². The molecule has 3 N–H and O–H groups in total. The summed E-state index contributed by atoms with van der Waals surface area (Å²) in [5.41, 5.74) is 0.626. The Kier molecular flexibility index (Phi) is 4.47. The van der Waals surface area contributed by atoms with Crippen molar-refractivity contribution >= 4 is 23.5 Å². The zero-order valence-electron chi connectivity index (χ0n) is 12.6. The topological polar surface area (TPSA) is 112 Å². The molecule has 0 saturated heterocycles. The van der Waals surface area contributed by atoms with Crippen LogP contribution < -0.4 is 11.2 Å². The third kappa shape index (κ3) is 3.54. The van der Waals surface area contributed by atoms with Crippen molar-refractivity contribution in [1.82, 2.24) is 20.0 Å². The standard InChI is InChI=1S/C14H13FN6O2S/c1-8-6-11(20-23-8)17-12(22)7-24-14-19-18-13(21(14)16)9-2-4-10(15)5-3-9/h2-6H,7,16H2,1H3,(H,17,20,22). The molecule has 10 heteroatoms. The number of nitrogens with one attached hydrogen (secondary N) is 1. The fraction of sp³-hybridized carbons (Fsp3) is 0.143. The molecule has 0 spiro atoms. The van der Waals surface area contributed by atoms with Gasteiger partial charge in [-0.15, -0.1) is 10.2 Å². The van der Waals surface area contributed by atoms with Crippen molar-refractivity contribution in [3.8, 4) is 11.4 Å². The first-order chi connectivity index (χ1) is 11.5. The number of carbonyl (C=O) groups is 1. The first-order valence-corrected chi connectivity index (χ1v) is 7.84. The Balaban J connectivity index is 1.63. The first kappa shape index (κ1) is 16.0. The number of hydrogen-bond acceptors (Lipinski definition) is 7. The molecule has 3 aromatic rings. The van der Waals surface area contributed by atoms with Gasteiger partial charge in [0.1, 0.15) is 11.6 Å². The molecule has 0 aliphatic heterocycles. The zero-order valence-corrected chi connectivity index (χ0v) is 13.4. The molecule has 0 saturated carbocycles. The number of thioether (sulfide) groups is 1. The van der Waals surface area contributed by atoms with Crippen molar-refractivity contribution in [2.24, 2.45) is 0 Å². The van der Waals surface area contributed by atoms with Gasteiger partial charge in [0.05, 0.1) is 5.75 Å². The van der Waals surface area contributed by atoms with E-state index in [9.17, 15) is 9.18 Å². The van der Waals surface area contributed by atoms with Gasteiger partial charge in [0.2, 0.25) is 11.1 Å². The van der Waals surface area contributed by atoms with Crippen LogP contribution in [0.5, 0.6) is 0 Å². The molecule has 1 amide bonds. The first-order valence-electron chi connectivity index (χ1n) is 6.85. The minimum atomic E-state index is -0.351. The lowest BCUT2D eigenvalue weighted by Gasteiger charge is -2.04. The van der Waals surface area contributed by atoms with E-state index in [0.717, 1.165) is 11.8 Å². The van der Waals surface area contributed by atoms with Gasteiger partial charge in [-0.2, -0.15) is 0 Å². The van der Waals surface area contributed by atoms with Crippen LogP contribution >= 0.6 is 11.8 Å². The summed E-state index contributed by atoms with van der Waals surface area (Å²) in [6.07, 6.45) is 0. The third-order valence-electron chi connectivity index (χ3n) is 2.99. The van der Waals surface area contributed by atoms with Crippen molar-refractivity contribution in [3.63, 3.8) is 0 Å². The smallest absolute Gasteiger partial charge is 0.236 e. The SMILES string of the molecule is Cc1cc(NC(=O)CSc2nnc(-c3ccc(F)cc3)n2N)no1. The van der Waals surface area contributed by atoms with E-state index in [4.69, 9.17) is 10.4 Å². The van der Waals surface area contributed by atoms with Gasteiger partial charge in [-0.3, -0.25) is 4.79 Å². The molecule has 2 aromatic heterocycles. The fourth-order valence-electron chi connectivity index (χ4n) is 1.91. The molecule has 0 bridgehead atoms. The maximum atomic E-state index is 13.0. The number of nitrogens with two attached hydrogens (primary N) is 1. The lowest BCUT2D eigenvalue weighted by Crippen LogP contribution is -2.16. The maximum absolute atomic E-state index is 13.0. The second kappa shape index (κ2) is 6.71. The summed E-state index contributed by atoms with van der Waals surface area (Å²) in [6.45, 7) is 1.73. The van der Waals surface area contributed by atoms with Crippen molar-refractivity contribution in [2.45, 2.75) is 12.1 Å². The Morgan fingerprint density at radius 3 is 2.79 bits per heavy atom. The van der Waals surface area contributed by atoms with E-state index < -0.39 is 0 Å². The van der Waals surface area contributed by atoms with Crippen molar-refractivity contribution in [2.75, 3.05) is 16.9 Å². The summed E-state index contributed by atoms with van der Waals surface area (Å²) < 4.78 is 19.1. The van der Waals surface area contributed by atoms with E-state index in [-0.39, 0.29) is 17.5 Å². The van der Waals surface area contributed by atoms with Gasteiger partial charge in [-0.25, -0.2) is 9.07 Å². The Morgan fingerprint density at radius 1 is 1.38 bits per heavy atom. The zero-order chi connectivity index (χ0) is 17.1. The predicted molar refractivity (Wildman–Crippen MR) is 86.2 cm³/mol. The Hall–Kier alpha value is -2.88. The van der Waals surface area contributed by atoms with Crippen LogP contribution in [-0.4, -0.2) is 31.7 Å². The van der Waals surface area contributed by atoms with E-state index in [0.29, 0.717) is 28.1 Å². The average Bonchev–Trinajstić information content (AvgIpc) is 3.12. The molecular formula is C14H13FN6O2S. The number of halogens is 1. The fourth-order valence-corrected chi connectivity index (χ4v) is 2.56. The van der Waals surface area contributed by atoms with Crippen molar-refractivity contribution in [1.29, 1.82) is 0 Å². The number of nitrogens with zero attached hydrogens (tertiary/aromatic N) is 4. The van der Waals surface area contributed by atoms with Crippen LogP contribution in [0.3, 0.4) is 0 Å². The number of aryl methyl sites for hydroxylation is 1. The quantitative estimate of drug-likeness (QED) is 0.534. The normalized spacial score (nSPS) is 10.8. The number of benzene rings is 1. The lowest BCUT2D eigenvalue weighted by molar-refractivity contribution is -0.113. The van der Waals surface area contributed by atoms with E-state index >= 15 is 0 Å². The number of rotatable bonds is 5. The summed E-state index contributed by atoms with van der Waals surface area (Å²) in [7, 11) is 0. The highest BCUT2D eigenvalue weighted by atomic mass is 32.2. The molecule has 2 heterocycles. The van der Waals surface area contributed by atoms with Gasteiger partial charge < -0.3 is 15.7 Å². The molecule has 1 aromatic carbocycles. The third-order valence-corrected chi connectivity index (χ3v) is 3.94. The molecule has 8 nitrogen and oxygen atoms in total. The van der Waals surface area contributed by atoms with Crippen LogP contribution in [-0.2, 0) is 4.79 Å². The summed E-state index contributed by atoms with van der Waals surface area (Å²) in [5.74, 6) is 6.71. The van der Waals surface area contributed by atoms with Gasteiger partial charge in [-0.05, 0) is 31.2 Å². The van der Waals surface area contributed by atoms with Crippen LogP contribution in [0.15, 0.2) is 40.0 Å². The molecule has 0 atom stereocenters. The molecule has 3 rings (SSSR count). The number of hydrogen-bond donors (Lipinski definition) is 2. The van der Waals surface area contributed by atoms with E-state index in [1.807, 2.05) is 0 Å². The predicted octanol–water partition coefficient (Wildman–Crippen LogP) is 1.83. The average molecular weight is 348 g/mol. The second-order valence-corrected chi connectivity index (χ2v) is 5.79. The van der Waals surface area contributed by atoms with E-state index in [2.05, 4.69) is 20.7 Å². The van der Waals surface area contributed by atoms with Crippen LogP contribution in [0.25, 0.3) is 11.4 Å². The molecule has 0 aliphatic rings. The van der Waals surface area contributed by atoms with Gasteiger partial charge >= 0.3 is 0 Å². The minimum absolute atomic E-state index is 0.0741. The molecule has 0 aliphatic carbocycles. The molecule has 0 fully saturated rings. The molecule has 124 valence electrons. The number of carbonyl (C=O) groups excluding carboxylic acids is 1. The number of nitrogen functional groups attached to an aromatic ring is 1. The summed E-state index contributed by atoms with van der Waals surface area (Å²) in [6, 6.07) is 7.34. The number of anilines is 1. The van der Waals surface area contributed by atoms with Gasteiger partial charge in [0.25, 0.3) is 0 Å². The Labute approximate surface area is 140 Å². The largest absolute Gasteiger partial charge is 0.360 e. The molecule has 0 unspecified atom stereocenters. The Morgan fingerprint density at radius 2 is 2.12 bits per heavy atom. The van der Waals surface area contributed by atoms with Crippen LogP contribution in [0, 0.1) is 12.7 Å². The van der Waals surface area contributed by atoms with Gasteiger partial charge in [-0.1, -0.05) is 16.9 Å². The molecule has 0 radical (unpaired) electrons.